The van der Waals surface area contributed by atoms with E-state index in [1.807, 2.05) is 0 Å². The molecule has 4 nitrogen and oxygen atoms in total. The molecule has 16 heavy (non-hydrogen) atoms. The number of rotatable bonds is 1. The Labute approximate surface area is 94.9 Å². The molecule has 0 atom stereocenters. The van der Waals surface area contributed by atoms with E-state index in [1.165, 1.54) is 18.3 Å². The van der Waals surface area contributed by atoms with Gasteiger partial charge in [-0.1, -0.05) is 23.7 Å². The minimum absolute atomic E-state index is 0.0651. The van der Waals surface area contributed by atoms with Crippen LogP contribution in [0.15, 0.2) is 29.2 Å². The van der Waals surface area contributed by atoms with Crippen LogP contribution in [0, 0.1) is 5.82 Å². The molecule has 82 valence electrons. The van der Waals surface area contributed by atoms with E-state index in [0.29, 0.717) is 11.3 Å². The molecule has 2 aromatic rings. The number of aromatic amines is 1. The molecule has 0 saturated heterocycles. The number of benzene rings is 1. The smallest absolute Gasteiger partial charge is 0.290 e. The van der Waals surface area contributed by atoms with Crippen molar-refractivity contribution in [3.63, 3.8) is 0 Å². The quantitative estimate of drug-likeness (QED) is 0.797. The molecule has 1 aromatic carbocycles. The van der Waals surface area contributed by atoms with Crippen molar-refractivity contribution in [2.45, 2.75) is 0 Å². The zero-order valence-electron chi connectivity index (χ0n) is 8.00. The molecule has 2 rings (SSSR count). The third-order valence-electron chi connectivity index (χ3n) is 2.06. The number of aromatic nitrogens is 2. The normalized spacial score (nSPS) is 10.4. The topological polar surface area (TPSA) is 71.8 Å². The molecule has 1 heterocycles. The van der Waals surface area contributed by atoms with E-state index in [4.69, 9.17) is 17.3 Å². The third kappa shape index (κ3) is 1.77. The largest absolute Gasteiger partial charge is 0.379 e. The van der Waals surface area contributed by atoms with Gasteiger partial charge in [-0.3, -0.25) is 4.79 Å². The van der Waals surface area contributed by atoms with Gasteiger partial charge in [0.25, 0.3) is 5.56 Å². The van der Waals surface area contributed by atoms with Gasteiger partial charge in [-0.05, 0) is 6.07 Å². The van der Waals surface area contributed by atoms with E-state index in [2.05, 4.69) is 9.97 Å². The van der Waals surface area contributed by atoms with Crippen LogP contribution in [-0.2, 0) is 0 Å². The summed E-state index contributed by atoms with van der Waals surface area (Å²) in [5, 5.41) is -0.0651. The van der Waals surface area contributed by atoms with E-state index in [0.717, 1.165) is 0 Å². The van der Waals surface area contributed by atoms with Gasteiger partial charge in [-0.2, -0.15) is 0 Å². The molecule has 3 N–H and O–H groups in total. The molecule has 0 unspecified atom stereocenters. The number of hydrogen-bond acceptors (Lipinski definition) is 3. The van der Waals surface area contributed by atoms with E-state index < -0.39 is 11.4 Å². The zero-order chi connectivity index (χ0) is 11.7. The fourth-order valence-corrected chi connectivity index (χ4v) is 1.49. The maximum absolute atomic E-state index is 13.2. The van der Waals surface area contributed by atoms with Gasteiger partial charge in [0.2, 0.25) is 0 Å². The minimum atomic E-state index is -0.558. The van der Waals surface area contributed by atoms with Gasteiger partial charge in [0.15, 0.2) is 5.82 Å². The standard InChI is InChI=1S/C10H7ClFN3O/c11-8-5(2-1-3-6(8)12)7-4-14-9(13)10(16)15-7/h1-4H,(H2,13,14)(H,15,16). The lowest BCUT2D eigenvalue weighted by Crippen LogP contribution is -2.14. The number of anilines is 1. The minimum Gasteiger partial charge on any atom is -0.379 e. The third-order valence-corrected chi connectivity index (χ3v) is 2.44. The van der Waals surface area contributed by atoms with Crippen molar-refractivity contribution in [2.24, 2.45) is 0 Å². The predicted molar refractivity (Wildman–Crippen MR) is 59.7 cm³/mol. The zero-order valence-corrected chi connectivity index (χ0v) is 8.75. The second kappa shape index (κ2) is 3.94. The molecule has 0 saturated carbocycles. The van der Waals surface area contributed by atoms with Crippen LogP contribution >= 0.6 is 11.6 Å². The van der Waals surface area contributed by atoms with Crippen LogP contribution in [0.4, 0.5) is 10.2 Å². The van der Waals surface area contributed by atoms with Crippen LogP contribution in [0.5, 0.6) is 0 Å². The summed E-state index contributed by atoms with van der Waals surface area (Å²) in [5.74, 6) is -0.701. The van der Waals surface area contributed by atoms with Crippen molar-refractivity contribution in [1.29, 1.82) is 0 Å². The second-order valence-corrected chi connectivity index (χ2v) is 3.49. The Morgan fingerprint density at radius 2 is 2.19 bits per heavy atom. The van der Waals surface area contributed by atoms with Crippen LogP contribution in [0.2, 0.25) is 5.02 Å². The first-order valence-corrected chi connectivity index (χ1v) is 4.76. The maximum Gasteiger partial charge on any atom is 0.290 e. The molecule has 0 aliphatic carbocycles. The lowest BCUT2D eigenvalue weighted by Gasteiger charge is -2.04. The fraction of sp³-hybridized carbons (Fsp3) is 0. The van der Waals surface area contributed by atoms with E-state index >= 15 is 0 Å². The molecule has 0 aliphatic heterocycles. The van der Waals surface area contributed by atoms with E-state index in [9.17, 15) is 9.18 Å². The number of nitrogens with zero attached hydrogens (tertiary/aromatic N) is 1. The summed E-state index contributed by atoms with van der Waals surface area (Å²) < 4.78 is 13.2. The summed E-state index contributed by atoms with van der Waals surface area (Å²) in [5.41, 5.74) is 5.43. The van der Waals surface area contributed by atoms with E-state index in [-0.39, 0.29) is 10.8 Å². The molecule has 0 amide bonds. The fourth-order valence-electron chi connectivity index (χ4n) is 1.26. The second-order valence-electron chi connectivity index (χ2n) is 3.11. The highest BCUT2D eigenvalue weighted by atomic mass is 35.5. The number of hydrogen-bond donors (Lipinski definition) is 2. The van der Waals surface area contributed by atoms with Gasteiger partial charge in [-0.15, -0.1) is 0 Å². The molecule has 0 spiro atoms. The lowest BCUT2D eigenvalue weighted by atomic mass is 10.1. The van der Waals surface area contributed by atoms with Gasteiger partial charge < -0.3 is 10.7 Å². The van der Waals surface area contributed by atoms with Crippen molar-refractivity contribution in [1.82, 2.24) is 9.97 Å². The Bertz CT molecular complexity index is 597. The highest BCUT2D eigenvalue weighted by Gasteiger charge is 2.09. The molecule has 1 aromatic heterocycles. The molecule has 6 heteroatoms. The lowest BCUT2D eigenvalue weighted by molar-refractivity contribution is 0.628. The van der Waals surface area contributed by atoms with Gasteiger partial charge in [-0.25, -0.2) is 9.37 Å². The maximum atomic E-state index is 13.2. The monoisotopic (exact) mass is 239 g/mol. The first-order valence-electron chi connectivity index (χ1n) is 4.39. The highest BCUT2D eigenvalue weighted by molar-refractivity contribution is 6.33. The van der Waals surface area contributed by atoms with Crippen molar-refractivity contribution in [3.8, 4) is 11.3 Å². The summed E-state index contributed by atoms with van der Waals surface area (Å²) in [6, 6.07) is 4.30. The van der Waals surface area contributed by atoms with Crippen molar-refractivity contribution < 1.29 is 4.39 Å². The Balaban J connectivity index is 2.63. The van der Waals surface area contributed by atoms with Gasteiger partial charge in [0.05, 0.1) is 16.9 Å². The van der Waals surface area contributed by atoms with Crippen molar-refractivity contribution >= 4 is 17.4 Å². The summed E-state index contributed by atoms with van der Waals surface area (Å²) in [4.78, 5) is 17.4. The Hall–Kier alpha value is -1.88. The summed E-state index contributed by atoms with van der Waals surface area (Å²) >= 11 is 5.76. The van der Waals surface area contributed by atoms with Gasteiger partial charge in [0.1, 0.15) is 5.82 Å². The first kappa shape index (κ1) is 10.6. The van der Waals surface area contributed by atoms with Crippen molar-refractivity contribution in [2.75, 3.05) is 5.73 Å². The highest BCUT2D eigenvalue weighted by Crippen LogP contribution is 2.27. The van der Waals surface area contributed by atoms with Crippen LogP contribution in [0.25, 0.3) is 11.3 Å². The number of nitrogens with one attached hydrogen (secondary N) is 1. The predicted octanol–water partition coefficient (Wildman–Crippen LogP) is 1.81. The van der Waals surface area contributed by atoms with Crippen LogP contribution in [0.1, 0.15) is 0 Å². The summed E-state index contributed by atoms with van der Waals surface area (Å²) in [6.45, 7) is 0. The first-order chi connectivity index (χ1) is 7.59. The van der Waals surface area contributed by atoms with Crippen LogP contribution in [0.3, 0.4) is 0 Å². The number of halogens is 2. The molecular formula is C10H7ClFN3O. The average molecular weight is 240 g/mol. The van der Waals surface area contributed by atoms with Gasteiger partial charge in [0, 0.05) is 5.56 Å². The molecular weight excluding hydrogens is 233 g/mol. The molecule has 0 bridgehead atoms. The van der Waals surface area contributed by atoms with E-state index in [1.54, 1.807) is 6.07 Å². The Morgan fingerprint density at radius 1 is 1.44 bits per heavy atom. The molecule has 0 fully saturated rings. The molecule has 0 radical (unpaired) electrons. The molecule has 0 aliphatic rings. The average Bonchev–Trinajstić information content (AvgIpc) is 2.26. The number of H-pyrrole nitrogens is 1. The Morgan fingerprint density at radius 3 is 2.88 bits per heavy atom. The van der Waals surface area contributed by atoms with Crippen molar-refractivity contribution in [3.05, 3.63) is 45.6 Å². The van der Waals surface area contributed by atoms with Crippen LogP contribution in [-0.4, -0.2) is 9.97 Å². The van der Waals surface area contributed by atoms with Crippen LogP contribution < -0.4 is 11.3 Å². The van der Waals surface area contributed by atoms with Gasteiger partial charge >= 0.3 is 0 Å². The number of nitrogens with two attached hydrogens (primary N) is 1. The Kier molecular flexibility index (Phi) is 2.62. The summed E-state index contributed by atoms with van der Waals surface area (Å²) in [6.07, 6.45) is 1.33. The summed E-state index contributed by atoms with van der Waals surface area (Å²) in [7, 11) is 0. The SMILES string of the molecule is Nc1ncc(-c2cccc(F)c2Cl)[nH]c1=O. The number of nitrogen functional groups attached to an aromatic ring is 1.